The third-order valence-electron chi connectivity index (χ3n) is 4.79. The number of carbonyl (C=O) groups is 1. The molecule has 0 saturated heterocycles. The van der Waals surface area contributed by atoms with E-state index < -0.39 is 0 Å². The Balaban J connectivity index is 1.91. The minimum absolute atomic E-state index is 0.587. The van der Waals surface area contributed by atoms with E-state index >= 15 is 0 Å². The molecule has 0 bridgehead atoms. The third kappa shape index (κ3) is 2.94. The third-order valence-corrected chi connectivity index (χ3v) is 5.75. The number of methoxy groups -OCH3 is 1. The Hall–Kier alpha value is -2.92. The molecule has 0 unspecified atom stereocenters. The second-order valence-corrected chi connectivity index (χ2v) is 7.55. The molecular weight excluding hydrogens is 356 g/mol. The first kappa shape index (κ1) is 17.5. The van der Waals surface area contributed by atoms with Gasteiger partial charge in [-0.05, 0) is 48.7 Å². The van der Waals surface area contributed by atoms with Crippen molar-refractivity contribution in [1.29, 1.82) is 0 Å². The normalized spacial score (nSPS) is 11.1. The Labute approximate surface area is 162 Å². The molecule has 0 N–H and O–H groups in total. The number of hydrogen-bond donors (Lipinski definition) is 0. The van der Waals surface area contributed by atoms with Gasteiger partial charge in [-0.25, -0.2) is 4.98 Å². The summed E-state index contributed by atoms with van der Waals surface area (Å²) in [6.45, 7) is 4.19. The average molecular weight is 376 g/mol. The fourth-order valence-corrected chi connectivity index (χ4v) is 4.34. The molecule has 0 aliphatic carbocycles. The van der Waals surface area contributed by atoms with Crippen LogP contribution in [0, 0.1) is 6.92 Å². The molecule has 4 aromatic rings. The zero-order valence-electron chi connectivity index (χ0n) is 15.5. The number of aldehydes is 1. The van der Waals surface area contributed by atoms with Gasteiger partial charge >= 0.3 is 0 Å². The molecule has 0 radical (unpaired) electrons. The van der Waals surface area contributed by atoms with Gasteiger partial charge in [0.15, 0.2) is 11.2 Å². The number of aryl methyl sites for hydroxylation is 2. The highest BCUT2D eigenvalue weighted by molar-refractivity contribution is 7.17. The van der Waals surface area contributed by atoms with Crippen LogP contribution in [-0.4, -0.2) is 22.8 Å². The summed E-state index contributed by atoms with van der Waals surface area (Å²) in [4.78, 5) is 18.7. The van der Waals surface area contributed by atoms with Crippen LogP contribution >= 0.6 is 11.3 Å². The summed E-state index contributed by atoms with van der Waals surface area (Å²) >= 11 is 1.60. The van der Waals surface area contributed by atoms with E-state index in [0.29, 0.717) is 5.69 Å². The van der Waals surface area contributed by atoms with Gasteiger partial charge in [0.2, 0.25) is 0 Å². The van der Waals surface area contributed by atoms with Crippen LogP contribution in [0.15, 0.2) is 48.5 Å². The van der Waals surface area contributed by atoms with E-state index in [1.165, 1.54) is 5.56 Å². The molecule has 27 heavy (non-hydrogen) atoms. The van der Waals surface area contributed by atoms with Gasteiger partial charge in [-0.1, -0.05) is 31.2 Å². The molecule has 2 aromatic heterocycles. The lowest BCUT2D eigenvalue weighted by atomic mass is 10.1. The topological polar surface area (TPSA) is 43.6 Å². The van der Waals surface area contributed by atoms with Gasteiger partial charge in [-0.15, -0.1) is 11.3 Å². The van der Waals surface area contributed by atoms with E-state index in [1.807, 2.05) is 40.8 Å². The summed E-state index contributed by atoms with van der Waals surface area (Å²) < 4.78 is 7.23. The number of fused-ring (bicyclic) bond motifs is 1. The average Bonchev–Trinajstić information content (AvgIpc) is 3.22. The van der Waals surface area contributed by atoms with Gasteiger partial charge < -0.3 is 4.74 Å². The Morgan fingerprint density at radius 3 is 2.33 bits per heavy atom. The first-order valence-electron chi connectivity index (χ1n) is 8.87. The Kier molecular flexibility index (Phi) is 4.54. The zero-order chi connectivity index (χ0) is 19.0. The van der Waals surface area contributed by atoms with Gasteiger partial charge in [0, 0.05) is 10.4 Å². The minimum Gasteiger partial charge on any atom is -0.497 e. The second kappa shape index (κ2) is 7.00. The molecule has 4 nitrogen and oxygen atoms in total. The van der Waals surface area contributed by atoms with Gasteiger partial charge in [-0.2, -0.15) is 0 Å². The zero-order valence-corrected chi connectivity index (χ0v) is 16.3. The van der Waals surface area contributed by atoms with E-state index in [0.717, 1.165) is 50.8 Å². The lowest BCUT2D eigenvalue weighted by molar-refractivity contribution is 0.111. The van der Waals surface area contributed by atoms with Crippen molar-refractivity contribution in [2.24, 2.45) is 0 Å². The maximum absolute atomic E-state index is 12.0. The Morgan fingerprint density at radius 1 is 1.07 bits per heavy atom. The molecule has 4 rings (SSSR count). The highest BCUT2D eigenvalue weighted by Crippen LogP contribution is 2.36. The first-order valence-corrected chi connectivity index (χ1v) is 9.68. The fraction of sp³-hybridized carbons (Fsp3) is 0.182. The molecule has 0 spiro atoms. The Bertz CT molecular complexity index is 1110. The monoisotopic (exact) mass is 376 g/mol. The van der Waals surface area contributed by atoms with Crippen LogP contribution in [0.25, 0.3) is 27.5 Å². The molecule has 0 aliphatic heterocycles. The number of aromatic nitrogens is 2. The summed E-state index contributed by atoms with van der Waals surface area (Å²) in [7, 11) is 1.65. The highest BCUT2D eigenvalue weighted by atomic mass is 32.1. The van der Waals surface area contributed by atoms with Crippen LogP contribution in [0.5, 0.6) is 5.75 Å². The Morgan fingerprint density at radius 2 is 1.74 bits per heavy atom. The van der Waals surface area contributed by atoms with Gasteiger partial charge in [0.1, 0.15) is 17.1 Å². The quantitative estimate of drug-likeness (QED) is 0.437. The maximum atomic E-state index is 12.0. The molecule has 2 heterocycles. The molecule has 0 aliphatic rings. The smallest absolute Gasteiger partial charge is 0.195 e. The first-order chi connectivity index (χ1) is 13.2. The summed E-state index contributed by atoms with van der Waals surface area (Å²) in [6, 6.07) is 16.1. The SMILES string of the molecule is CCc1ccc(-c2nc3sc(C)c(-c4ccc(OC)cc4)n3c2C=O)cc1. The maximum Gasteiger partial charge on any atom is 0.195 e. The van der Waals surface area contributed by atoms with E-state index in [4.69, 9.17) is 9.72 Å². The van der Waals surface area contributed by atoms with Crippen LogP contribution in [0.4, 0.5) is 0 Å². The molecule has 0 saturated carbocycles. The number of nitrogens with zero attached hydrogens (tertiary/aromatic N) is 2. The van der Waals surface area contributed by atoms with Crippen molar-refractivity contribution in [3.05, 3.63) is 64.7 Å². The number of rotatable bonds is 5. The van der Waals surface area contributed by atoms with E-state index in [-0.39, 0.29) is 0 Å². The van der Waals surface area contributed by atoms with Crippen LogP contribution in [0.3, 0.4) is 0 Å². The number of hydrogen-bond acceptors (Lipinski definition) is 4. The van der Waals surface area contributed by atoms with Gasteiger partial charge in [-0.3, -0.25) is 9.20 Å². The van der Waals surface area contributed by atoms with Crippen molar-refractivity contribution in [3.8, 4) is 28.3 Å². The summed E-state index contributed by atoms with van der Waals surface area (Å²) in [5.41, 5.74) is 5.58. The van der Waals surface area contributed by atoms with Crippen molar-refractivity contribution in [2.75, 3.05) is 7.11 Å². The highest BCUT2D eigenvalue weighted by Gasteiger charge is 2.20. The number of carbonyl (C=O) groups excluding carboxylic acids is 1. The largest absolute Gasteiger partial charge is 0.497 e. The van der Waals surface area contributed by atoms with E-state index in [1.54, 1.807) is 18.4 Å². The number of ether oxygens (including phenoxy) is 1. The van der Waals surface area contributed by atoms with Crippen molar-refractivity contribution in [1.82, 2.24) is 9.38 Å². The van der Waals surface area contributed by atoms with Crippen molar-refractivity contribution in [3.63, 3.8) is 0 Å². The lowest BCUT2D eigenvalue weighted by Crippen LogP contribution is -1.95. The van der Waals surface area contributed by atoms with Crippen molar-refractivity contribution >= 4 is 22.6 Å². The van der Waals surface area contributed by atoms with Crippen molar-refractivity contribution in [2.45, 2.75) is 20.3 Å². The molecule has 0 atom stereocenters. The van der Waals surface area contributed by atoms with Crippen LogP contribution in [-0.2, 0) is 6.42 Å². The van der Waals surface area contributed by atoms with Crippen LogP contribution in [0.2, 0.25) is 0 Å². The molecule has 2 aromatic carbocycles. The standard InChI is InChI=1S/C22H20N2O2S/c1-4-15-5-7-16(8-6-15)20-19(13-25)24-21(14(2)27-22(24)23-20)17-9-11-18(26-3)12-10-17/h5-13H,4H2,1-3H3. The predicted molar refractivity (Wildman–Crippen MR) is 110 cm³/mol. The molecular formula is C22H20N2O2S. The summed E-state index contributed by atoms with van der Waals surface area (Å²) in [6.07, 6.45) is 1.89. The van der Waals surface area contributed by atoms with Gasteiger partial charge in [0.05, 0.1) is 12.8 Å². The van der Waals surface area contributed by atoms with Crippen LogP contribution < -0.4 is 4.74 Å². The molecule has 0 fully saturated rings. The summed E-state index contributed by atoms with van der Waals surface area (Å²) in [5.74, 6) is 0.806. The summed E-state index contributed by atoms with van der Waals surface area (Å²) in [5, 5.41) is 0. The van der Waals surface area contributed by atoms with Crippen molar-refractivity contribution < 1.29 is 9.53 Å². The lowest BCUT2D eigenvalue weighted by Gasteiger charge is -2.06. The van der Waals surface area contributed by atoms with E-state index in [2.05, 4.69) is 26.0 Å². The van der Waals surface area contributed by atoms with Crippen LogP contribution in [0.1, 0.15) is 27.9 Å². The van der Waals surface area contributed by atoms with Gasteiger partial charge in [0.25, 0.3) is 0 Å². The number of imidazole rings is 1. The minimum atomic E-state index is 0.587. The fourth-order valence-electron chi connectivity index (χ4n) is 3.34. The predicted octanol–water partition coefficient (Wildman–Crippen LogP) is 5.42. The number of benzene rings is 2. The molecule has 136 valence electrons. The molecule has 0 amide bonds. The second-order valence-electron chi connectivity index (χ2n) is 6.37. The number of thiazole rings is 1. The molecule has 5 heteroatoms. The van der Waals surface area contributed by atoms with E-state index in [9.17, 15) is 4.79 Å².